The number of benzene rings is 3. The Morgan fingerprint density at radius 3 is 2.19 bits per heavy atom. The van der Waals surface area contributed by atoms with Crippen molar-refractivity contribution in [3.8, 4) is 5.75 Å². The Morgan fingerprint density at radius 2 is 1.61 bits per heavy atom. The van der Waals surface area contributed by atoms with Crippen molar-refractivity contribution in [3.05, 3.63) is 89.5 Å². The number of ether oxygens (including phenoxy) is 1. The van der Waals surface area contributed by atoms with Crippen molar-refractivity contribution in [1.29, 1.82) is 0 Å². The molecule has 1 fully saturated rings. The quantitative estimate of drug-likeness (QED) is 0.535. The molecule has 3 aromatic rings. The van der Waals surface area contributed by atoms with E-state index < -0.39 is 9.84 Å². The van der Waals surface area contributed by atoms with Crippen LogP contribution in [0.25, 0.3) is 0 Å². The fraction of sp³-hybridized carbons (Fsp3) is 0.240. The van der Waals surface area contributed by atoms with E-state index in [1.807, 2.05) is 36.1 Å². The Hall–Kier alpha value is -3.12. The minimum Gasteiger partial charge on any atom is -0.489 e. The van der Waals surface area contributed by atoms with Crippen LogP contribution in [0.3, 0.4) is 0 Å². The van der Waals surface area contributed by atoms with Gasteiger partial charge in [0, 0.05) is 23.5 Å². The van der Waals surface area contributed by atoms with Gasteiger partial charge in [-0.1, -0.05) is 30.3 Å². The Balaban J connectivity index is 1.44. The molecule has 0 bridgehead atoms. The number of carbonyl (C=O) groups is 1. The maximum atomic E-state index is 13.2. The highest BCUT2D eigenvalue weighted by Crippen LogP contribution is 2.34. The van der Waals surface area contributed by atoms with Gasteiger partial charge >= 0.3 is 0 Å². The van der Waals surface area contributed by atoms with Gasteiger partial charge < -0.3 is 9.64 Å². The van der Waals surface area contributed by atoms with Crippen molar-refractivity contribution in [2.75, 3.05) is 11.2 Å². The minimum atomic E-state index is -3.21. The molecule has 0 unspecified atom stereocenters. The zero-order valence-corrected chi connectivity index (χ0v) is 18.4. The van der Waals surface area contributed by atoms with E-state index in [0.717, 1.165) is 29.7 Å². The molecule has 0 saturated heterocycles. The number of nitrogens with zero attached hydrogens (tertiary/aromatic N) is 1. The van der Waals surface area contributed by atoms with Crippen LogP contribution in [0.1, 0.15) is 34.3 Å². The van der Waals surface area contributed by atoms with E-state index in [0.29, 0.717) is 17.9 Å². The largest absolute Gasteiger partial charge is 0.489 e. The summed E-state index contributed by atoms with van der Waals surface area (Å²) < 4.78 is 28.9. The summed E-state index contributed by atoms with van der Waals surface area (Å²) in [5.74, 6) is 0.650. The van der Waals surface area contributed by atoms with Gasteiger partial charge in [0.1, 0.15) is 12.4 Å². The summed E-state index contributed by atoms with van der Waals surface area (Å²) >= 11 is 0. The van der Waals surface area contributed by atoms with Gasteiger partial charge in [-0.05, 0) is 73.4 Å². The van der Waals surface area contributed by atoms with Gasteiger partial charge in [-0.25, -0.2) is 8.42 Å². The third-order valence-electron chi connectivity index (χ3n) is 5.36. The predicted octanol–water partition coefficient (Wildman–Crippen LogP) is 4.79. The molecule has 6 heteroatoms. The monoisotopic (exact) mass is 435 g/mol. The molecule has 0 aromatic heterocycles. The first-order chi connectivity index (χ1) is 14.8. The number of carbonyl (C=O) groups excluding carboxylic acids is 1. The van der Waals surface area contributed by atoms with Crippen LogP contribution in [0.15, 0.2) is 77.7 Å². The van der Waals surface area contributed by atoms with Crippen LogP contribution in [-0.4, -0.2) is 26.6 Å². The van der Waals surface area contributed by atoms with Crippen LogP contribution in [0, 0.1) is 6.92 Å². The van der Waals surface area contributed by atoms with Gasteiger partial charge in [-0.3, -0.25) is 4.79 Å². The standard InChI is InChI=1S/C25H25NO4S/c1-18-5-3-4-6-24(18)26(21-11-12-21)25(27)20-9-13-22(14-10-20)30-17-19-7-15-23(16-8-19)31(2,28)29/h3-10,13-16,21H,11-12,17H2,1-2H3. The van der Waals surface area contributed by atoms with Crippen LogP contribution in [0.4, 0.5) is 5.69 Å². The van der Waals surface area contributed by atoms with Crippen LogP contribution in [0.2, 0.25) is 0 Å². The van der Waals surface area contributed by atoms with Gasteiger partial charge in [0.2, 0.25) is 0 Å². The Kier molecular flexibility index (Phi) is 5.83. The molecule has 1 saturated carbocycles. The van der Waals surface area contributed by atoms with Crippen molar-refractivity contribution in [3.63, 3.8) is 0 Å². The Labute approximate surface area is 183 Å². The van der Waals surface area contributed by atoms with Crippen LogP contribution in [0.5, 0.6) is 5.75 Å². The van der Waals surface area contributed by atoms with Crippen molar-refractivity contribution < 1.29 is 17.9 Å². The molecule has 0 radical (unpaired) electrons. The van der Waals surface area contributed by atoms with E-state index in [4.69, 9.17) is 4.74 Å². The lowest BCUT2D eigenvalue weighted by atomic mass is 10.1. The van der Waals surface area contributed by atoms with Gasteiger partial charge in [0.05, 0.1) is 4.90 Å². The average molecular weight is 436 g/mol. The van der Waals surface area contributed by atoms with Crippen LogP contribution < -0.4 is 9.64 Å². The molecule has 0 aliphatic heterocycles. The fourth-order valence-corrected chi connectivity index (χ4v) is 4.10. The molecular formula is C25H25NO4S. The molecule has 0 heterocycles. The number of hydrogen-bond donors (Lipinski definition) is 0. The van der Waals surface area contributed by atoms with E-state index in [1.54, 1.807) is 48.5 Å². The van der Waals surface area contributed by atoms with E-state index >= 15 is 0 Å². The lowest BCUT2D eigenvalue weighted by Crippen LogP contribution is -2.33. The smallest absolute Gasteiger partial charge is 0.258 e. The van der Waals surface area contributed by atoms with E-state index in [9.17, 15) is 13.2 Å². The summed E-state index contributed by atoms with van der Waals surface area (Å²) in [6, 6.07) is 22.0. The molecule has 1 aliphatic rings. The summed E-state index contributed by atoms with van der Waals surface area (Å²) in [5, 5.41) is 0. The molecule has 31 heavy (non-hydrogen) atoms. The first kappa shape index (κ1) is 21.1. The molecule has 0 spiro atoms. The van der Waals surface area contributed by atoms with Crippen molar-refractivity contribution >= 4 is 21.4 Å². The highest BCUT2D eigenvalue weighted by atomic mass is 32.2. The maximum Gasteiger partial charge on any atom is 0.258 e. The molecule has 3 aromatic carbocycles. The second-order valence-electron chi connectivity index (χ2n) is 7.92. The van der Waals surface area contributed by atoms with Gasteiger partial charge in [0.25, 0.3) is 5.91 Å². The first-order valence-electron chi connectivity index (χ1n) is 10.2. The lowest BCUT2D eigenvalue weighted by Gasteiger charge is -2.24. The molecular weight excluding hydrogens is 410 g/mol. The zero-order chi connectivity index (χ0) is 22.0. The van der Waals surface area contributed by atoms with Crippen molar-refractivity contribution in [2.24, 2.45) is 0 Å². The van der Waals surface area contributed by atoms with Gasteiger partial charge in [0.15, 0.2) is 9.84 Å². The summed E-state index contributed by atoms with van der Waals surface area (Å²) in [6.07, 6.45) is 3.24. The third-order valence-corrected chi connectivity index (χ3v) is 6.49. The molecule has 0 N–H and O–H groups in total. The summed E-state index contributed by atoms with van der Waals surface area (Å²) in [6.45, 7) is 2.34. The summed E-state index contributed by atoms with van der Waals surface area (Å²) in [4.78, 5) is 15.4. The van der Waals surface area contributed by atoms with Gasteiger partial charge in [-0.15, -0.1) is 0 Å². The van der Waals surface area contributed by atoms with Crippen LogP contribution >= 0.6 is 0 Å². The molecule has 0 atom stereocenters. The summed E-state index contributed by atoms with van der Waals surface area (Å²) in [5.41, 5.74) is 3.55. The summed E-state index contributed by atoms with van der Waals surface area (Å²) in [7, 11) is -3.21. The normalized spacial score (nSPS) is 13.6. The number of aryl methyl sites for hydroxylation is 1. The number of para-hydroxylation sites is 1. The number of rotatable bonds is 7. The van der Waals surface area contributed by atoms with E-state index in [1.165, 1.54) is 6.26 Å². The highest BCUT2D eigenvalue weighted by Gasteiger charge is 2.34. The zero-order valence-electron chi connectivity index (χ0n) is 17.6. The minimum absolute atomic E-state index is 0.000265. The Bertz CT molecular complexity index is 1180. The number of anilines is 1. The number of sulfone groups is 1. The SMILES string of the molecule is Cc1ccccc1N(C(=O)c1ccc(OCc2ccc(S(C)(=O)=O)cc2)cc1)C1CC1. The maximum absolute atomic E-state index is 13.2. The topological polar surface area (TPSA) is 63.7 Å². The fourth-order valence-electron chi connectivity index (χ4n) is 3.47. The second kappa shape index (κ2) is 8.55. The third kappa shape index (κ3) is 4.97. The predicted molar refractivity (Wildman–Crippen MR) is 121 cm³/mol. The molecule has 5 nitrogen and oxygen atoms in total. The number of hydrogen-bond acceptors (Lipinski definition) is 4. The van der Waals surface area contributed by atoms with E-state index in [2.05, 4.69) is 0 Å². The molecule has 1 aliphatic carbocycles. The van der Waals surface area contributed by atoms with Crippen LogP contribution in [-0.2, 0) is 16.4 Å². The molecule has 160 valence electrons. The first-order valence-corrected chi connectivity index (χ1v) is 12.1. The van der Waals surface area contributed by atoms with Gasteiger partial charge in [-0.2, -0.15) is 0 Å². The number of amides is 1. The average Bonchev–Trinajstić information content (AvgIpc) is 3.59. The second-order valence-corrected chi connectivity index (χ2v) is 9.94. The van der Waals surface area contributed by atoms with E-state index in [-0.39, 0.29) is 16.8 Å². The van der Waals surface area contributed by atoms with Crippen molar-refractivity contribution in [1.82, 2.24) is 0 Å². The van der Waals surface area contributed by atoms with Crippen molar-refractivity contribution in [2.45, 2.75) is 37.3 Å². The lowest BCUT2D eigenvalue weighted by molar-refractivity contribution is 0.0985. The highest BCUT2D eigenvalue weighted by molar-refractivity contribution is 7.90. The Morgan fingerprint density at radius 1 is 0.968 bits per heavy atom. The molecule has 1 amide bonds. The molecule has 4 rings (SSSR count).